The molecule has 13 heavy (non-hydrogen) atoms. The molecule has 0 saturated heterocycles. The Bertz CT molecular complexity index is 159. The Hall–Kier alpha value is -0.520. The number of rotatable bonds is 7. The molecule has 0 amide bonds. The van der Waals surface area contributed by atoms with Gasteiger partial charge in [0, 0.05) is 0 Å². The summed E-state index contributed by atoms with van der Waals surface area (Å²) in [6.07, 6.45) is 9.93. The van der Waals surface area contributed by atoms with Crippen LogP contribution in [0, 0.1) is 0 Å². The van der Waals surface area contributed by atoms with Crippen molar-refractivity contribution in [3.8, 4) is 0 Å². The van der Waals surface area contributed by atoms with Gasteiger partial charge in [0.1, 0.15) is 0 Å². The van der Waals surface area contributed by atoms with Crippen LogP contribution >= 0.6 is 0 Å². The average molecular weight is 180 g/mol. The van der Waals surface area contributed by atoms with E-state index in [1.807, 2.05) is 0 Å². The molecule has 0 N–H and O–H groups in total. The Morgan fingerprint density at radius 1 is 1.15 bits per heavy atom. The summed E-state index contributed by atoms with van der Waals surface area (Å²) >= 11 is 0. The lowest BCUT2D eigenvalue weighted by molar-refractivity contribution is 0.661. The lowest BCUT2D eigenvalue weighted by atomic mass is 10.0. The molecule has 0 heteroatoms. The van der Waals surface area contributed by atoms with Crippen LogP contribution in [0.25, 0.3) is 0 Å². The van der Waals surface area contributed by atoms with Crippen LogP contribution in [-0.2, 0) is 0 Å². The summed E-state index contributed by atoms with van der Waals surface area (Å²) in [5.41, 5.74) is 2.78. The molecule has 0 aliphatic heterocycles. The molecule has 0 fully saturated rings. The maximum Gasteiger partial charge on any atom is -0.0139 e. The summed E-state index contributed by atoms with van der Waals surface area (Å²) in [4.78, 5) is 0. The van der Waals surface area contributed by atoms with Gasteiger partial charge in [-0.15, -0.1) is 0 Å². The lowest BCUT2D eigenvalue weighted by Gasteiger charge is -2.02. The topological polar surface area (TPSA) is 0 Å². The molecule has 0 aliphatic rings. The Morgan fingerprint density at radius 2 is 1.85 bits per heavy atom. The van der Waals surface area contributed by atoms with Crippen molar-refractivity contribution in [2.45, 2.75) is 59.3 Å². The van der Waals surface area contributed by atoms with Gasteiger partial charge < -0.3 is 0 Å². The summed E-state index contributed by atoms with van der Waals surface area (Å²) in [7, 11) is 0. The Balaban J connectivity index is 3.36. The van der Waals surface area contributed by atoms with Crippen molar-refractivity contribution in [2.75, 3.05) is 0 Å². The van der Waals surface area contributed by atoms with Gasteiger partial charge in [-0.05, 0) is 33.1 Å². The van der Waals surface area contributed by atoms with Crippen LogP contribution in [-0.4, -0.2) is 0 Å². The third-order valence-electron chi connectivity index (χ3n) is 2.18. The van der Waals surface area contributed by atoms with Gasteiger partial charge in [-0.2, -0.15) is 0 Å². The van der Waals surface area contributed by atoms with Crippen LogP contribution in [0.15, 0.2) is 23.8 Å². The minimum absolute atomic E-state index is 1.08. The normalized spacial score (nSPS) is 9.77. The minimum atomic E-state index is 1.08. The maximum atomic E-state index is 4.08. The zero-order valence-electron chi connectivity index (χ0n) is 9.53. The van der Waals surface area contributed by atoms with Crippen LogP contribution in [0.3, 0.4) is 0 Å². The van der Waals surface area contributed by atoms with E-state index in [9.17, 15) is 0 Å². The predicted molar refractivity (Wildman–Crippen MR) is 61.9 cm³/mol. The quantitative estimate of drug-likeness (QED) is 0.387. The lowest BCUT2D eigenvalue weighted by Crippen LogP contribution is -1.82. The van der Waals surface area contributed by atoms with Gasteiger partial charge in [-0.1, -0.05) is 50.0 Å². The minimum Gasteiger partial charge on any atom is -0.0995 e. The van der Waals surface area contributed by atoms with Crippen molar-refractivity contribution >= 4 is 0 Å². The molecule has 0 atom stereocenters. The SMILES string of the molecule is C=C(CC=C(C)C)CCCCCC. The van der Waals surface area contributed by atoms with Gasteiger partial charge in [0.25, 0.3) is 0 Å². The van der Waals surface area contributed by atoms with E-state index in [-0.39, 0.29) is 0 Å². The highest BCUT2D eigenvalue weighted by Gasteiger charge is 1.92. The van der Waals surface area contributed by atoms with Gasteiger partial charge in [-0.3, -0.25) is 0 Å². The van der Waals surface area contributed by atoms with E-state index in [1.165, 1.54) is 43.3 Å². The van der Waals surface area contributed by atoms with E-state index in [2.05, 4.69) is 33.4 Å². The fraction of sp³-hybridized carbons (Fsp3) is 0.692. The fourth-order valence-electron chi connectivity index (χ4n) is 1.25. The van der Waals surface area contributed by atoms with Crippen molar-refractivity contribution in [3.05, 3.63) is 23.8 Å². The Kier molecular flexibility index (Phi) is 7.77. The van der Waals surface area contributed by atoms with Crippen LogP contribution in [0.4, 0.5) is 0 Å². The molecule has 0 aromatic rings. The fourth-order valence-corrected chi connectivity index (χ4v) is 1.25. The highest BCUT2D eigenvalue weighted by molar-refractivity contribution is 5.05. The van der Waals surface area contributed by atoms with Crippen LogP contribution in [0.1, 0.15) is 59.3 Å². The summed E-state index contributed by atoms with van der Waals surface area (Å²) in [5, 5.41) is 0. The first-order valence-electron chi connectivity index (χ1n) is 5.46. The first-order chi connectivity index (χ1) is 6.16. The van der Waals surface area contributed by atoms with E-state index in [0.29, 0.717) is 0 Å². The van der Waals surface area contributed by atoms with E-state index in [0.717, 1.165) is 6.42 Å². The highest BCUT2D eigenvalue weighted by Crippen LogP contribution is 2.12. The number of allylic oxidation sites excluding steroid dienone is 3. The van der Waals surface area contributed by atoms with Crippen molar-refractivity contribution in [2.24, 2.45) is 0 Å². The predicted octanol–water partition coefficient (Wildman–Crippen LogP) is 4.87. The highest BCUT2D eigenvalue weighted by atomic mass is 14.0. The van der Waals surface area contributed by atoms with Gasteiger partial charge in [0.15, 0.2) is 0 Å². The molecular weight excluding hydrogens is 156 g/mol. The summed E-state index contributed by atoms with van der Waals surface area (Å²) in [6.45, 7) is 10.6. The third-order valence-corrected chi connectivity index (χ3v) is 2.18. The molecule has 0 nitrogen and oxygen atoms in total. The zero-order valence-corrected chi connectivity index (χ0v) is 9.53. The Morgan fingerprint density at radius 3 is 2.38 bits per heavy atom. The molecular formula is C13H24. The largest absolute Gasteiger partial charge is 0.0995 e. The average Bonchev–Trinajstić information content (AvgIpc) is 2.09. The van der Waals surface area contributed by atoms with Crippen molar-refractivity contribution in [1.29, 1.82) is 0 Å². The molecule has 0 heterocycles. The second kappa shape index (κ2) is 8.10. The summed E-state index contributed by atoms with van der Waals surface area (Å²) in [6, 6.07) is 0. The molecule has 0 rings (SSSR count). The molecule has 0 aliphatic carbocycles. The Labute approximate surface area is 83.7 Å². The summed E-state index contributed by atoms with van der Waals surface area (Å²) in [5.74, 6) is 0. The molecule has 0 aromatic heterocycles. The monoisotopic (exact) mass is 180 g/mol. The number of unbranched alkanes of at least 4 members (excludes halogenated alkanes) is 3. The van der Waals surface area contributed by atoms with Crippen LogP contribution in [0.5, 0.6) is 0 Å². The number of hydrogen-bond acceptors (Lipinski definition) is 0. The van der Waals surface area contributed by atoms with Crippen molar-refractivity contribution in [3.63, 3.8) is 0 Å². The van der Waals surface area contributed by atoms with E-state index >= 15 is 0 Å². The second-order valence-electron chi connectivity index (χ2n) is 4.05. The second-order valence-corrected chi connectivity index (χ2v) is 4.05. The first-order valence-corrected chi connectivity index (χ1v) is 5.46. The van der Waals surface area contributed by atoms with Gasteiger partial charge in [0.2, 0.25) is 0 Å². The summed E-state index contributed by atoms with van der Waals surface area (Å²) < 4.78 is 0. The van der Waals surface area contributed by atoms with Crippen LogP contribution < -0.4 is 0 Å². The smallest absolute Gasteiger partial charge is 0.0139 e. The van der Waals surface area contributed by atoms with E-state index in [1.54, 1.807) is 0 Å². The van der Waals surface area contributed by atoms with E-state index in [4.69, 9.17) is 0 Å². The standard InChI is InChI=1S/C13H24/c1-5-6-7-8-9-13(4)11-10-12(2)3/h10H,4-9,11H2,1-3H3. The molecule has 0 spiro atoms. The maximum absolute atomic E-state index is 4.08. The molecule has 0 aromatic carbocycles. The van der Waals surface area contributed by atoms with Gasteiger partial charge in [-0.25, -0.2) is 0 Å². The number of hydrogen-bond donors (Lipinski definition) is 0. The van der Waals surface area contributed by atoms with Crippen LogP contribution in [0.2, 0.25) is 0 Å². The van der Waals surface area contributed by atoms with E-state index < -0.39 is 0 Å². The zero-order chi connectivity index (χ0) is 10.1. The molecule has 0 saturated carbocycles. The molecule has 0 bridgehead atoms. The van der Waals surface area contributed by atoms with Gasteiger partial charge in [0.05, 0.1) is 0 Å². The molecule has 76 valence electrons. The first kappa shape index (κ1) is 12.5. The van der Waals surface area contributed by atoms with Gasteiger partial charge >= 0.3 is 0 Å². The van der Waals surface area contributed by atoms with Crippen molar-refractivity contribution < 1.29 is 0 Å². The van der Waals surface area contributed by atoms with Crippen molar-refractivity contribution in [1.82, 2.24) is 0 Å². The third kappa shape index (κ3) is 9.39. The molecule has 0 unspecified atom stereocenters. The molecule has 0 radical (unpaired) electrons.